The highest BCUT2D eigenvalue weighted by Gasteiger charge is 2.33. The lowest BCUT2D eigenvalue weighted by molar-refractivity contribution is -0.128. The first-order chi connectivity index (χ1) is 9.79. The van der Waals surface area contributed by atoms with Gasteiger partial charge in [0.05, 0.1) is 29.5 Å². The van der Waals surface area contributed by atoms with Gasteiger partial charge in [0.1, 0.15) is 5.37 Å². The molecule has 20 heavy (non-hydrogen) atoms. The van der Waals surface area contributed by atoms with Crippen molar-refractivity contribution in [2.75, 3.05) is 12.3 Å². The fourth-order valence-electron chi connectivity index (χ4n) is 2.33. The van der Waals surface area contributed by atoms with Crippen LogP contribution in [0.2, 0.25) is 0 Å². The van der Waals surface area contributed by atoms with Crippen molar-refractivity contribution in [1.82, 2.24) is 9.88 Å². The number of thioether (sulfide) groups is 1. The number of carbonyl (C=O) groups is 1. The molecule has 2 heterocycles. The van der Waals surface area contributed by atoms with Gasteiger partial charge in [0, 0.05) is 11.9 Å². The van der Waals surface area contributed by atoms with Crippen LogP contribution in [0.15, 0.2) is 36.4 Å². The summed E-state index contributed by atoms with van der Waals surface area (Å²) >= 11 is 1.58. The molecule has 0 saturated carbocycles. The zero-order valence-electron chi connectivity index (χ0n) is 10.8. The second-order valence-corrected chi connectivity index (χ2v) is 5.66. The summed E-state index contributed by atoms with van der Waals surface area (Å²) in [5, 5.41) is 9.72. The number of fused-ring (bicyclic) bond motifs is 1. The minimum atomic E-state index is -0.0690. The van der Waals surface area contributed by atoms with Crippen LogP contribution in [0.5, 0.6) is 0 Å². The van der Waals surface area contributed by atoms with Crippen LogP contribution in [0, 0.1) is 11.3 Å². The van der Waals surface area contributed by atoms with Crippen molar-refractivity contribution >= 4 is 28.6 Å². The number of pyridine rings is 1. The van der Waals surface area contributed by atoms with Crippen LogP contribution in [-0.4, -0.2) is 28.1 Å². The summed E-state index contributed by atoms with van der Waals surface area (Å²) in [6.45, 7) is 0.474. The smallest absolute Gasteiger partial charge is 0.233 e. The standard InChI is InChI=1S/C15H13N3OS/c16-8-3-9-18-14(19)10-20-15(18)13-7-6-11-4-1-2-5-12(11)17-13/h1-2,4-7,15H,3,9-10H2. The van der Waals surface area contributed by atoms with Crippen molar-refractivity contribution in [1.29, 1.82) is 5.26 Å². The van der Waals surface area contributed by atoms with E-state index in [9.17, 15) is 4.79 Å². The average molecular weight is 283 g/mol. The minimum Gasteiger partial charge on any atom is -0.323 e. The highest BCUT2D eigenvalue weighted by Crippen LogP contribution is 2.38. The summed E-state index contributed by atoms with van der Waals surface area (Å²) < 4.78 is 0. The molecule has 2 aromatic rings. The van der Waals surface area contributed by atoms with Gasteiger partial charge in [-0.1, -0.05) is 24.3 Å². The Hall–Kier alpha value is -2.06. The summed E-state index contributed by atoms with van der Waals surface area (Å²) in [4.78, 5) is 18.3. The maximum absolute atomic E-state index is 11.9. The van der Waals surface area contributed by atoms with Crippen LogP contribution < -0.4 is 0 Å². The van der Waals surface area contributed by atoms with Crippen molar-refractivity contribution in [3.8, 4) is 6.07 Å². The van der Waals surface area contributed by atoms with Gasteiger partial charge < -0.3 is 4.90 Å². The summed E-state index contributed by atoms with van der Waals surface area (Å²) in [6.07, 6.45) is 0.358. The van der Waals surface area contributed by atoms with Crippen molar-refractivity contribution in [3.05, 3.63) is 42.1 Å². The number of aromatic nitrogens is 1. The van der Waals surface area contributed by atoms with Gasteiger partial charge in [0.15, 0.2) is 0 Å². The van der Waals surface area contributed by atoms with Gasteiger partial charge in [0.25, 0.3) is 0 Å². The molecule has 1 atom stereocenters. The normalized spacial score (nSPS) is 18.4. The summed E-state index contributed by atoms with van der Waals surface area (Å²) in [5.74, 6) is 0.551. The third-order valence-corrected chi connectivity index (χ3v) is 4.53. The van der Waals surface area contributed by atoms with E-state index in [2.05, 4.69) is 11.1 Å². The van der Waals surface area contributed by atoms with Gasteiger partial charge >= 0.3 is 0 Å². The molecule has 1 unspecified atom stereocenters. The van der Waals surface area contributed by atoms with Gasteiger partial charge in [-0.25, -0.2) is 4.98 Å². The van der Waals surface area contributed by atoms with Gasteiger partial charge in [-0.2, -0.15) is 5.26 Å². The van der Waals surface area contributed by atoms with Crippen molar-refractivity contribution < 1.29 is 4.79 Å². The SMILES string of the molecule is N#CCCN1C(=O)CSC1c1ccc2ccccc2n1. The molecule has 4 nitrogen and oxygen atoms in total. The van der Waals surface area contributed by atoms with E-state index < -0.39 is 0 Å². The number of nitrogens with zero attached hydrogens (tertiary/aromatic N) is 3. The van der Waals surface area contributed by atoms with Crippen molar-refractivity contribution in [2.24, 2.45) is 0 Å². The Morgan fingerprint density at radius 2 is 2.20 bits per heavy atom. The Bertz CT molecular complexity index is 695. The molecular formula is C15H13N3OS. The number of para-hydroxylation sites is 1. The molecular weight excluding hydrogens is 270 g/mol. The first kappa shape index (κ1) is 12.9. The van der Waals surface area contributed by atoms with Crippen molar-refractivity contribution in [2.45, 2.75) is 11.8 Å². The first-order valence-electron chi connectivity index (χ1n) is 6.43. The Morgan fingerprint density at radius 3 is 3.05 bits per heavy atom. The molecule has 0 bridgehead atoms. The molecule has 0 N–H and O–H groups in total. The van der Waals surface area contributed by atoms with Gasteiger partial charge in [0.2, 0.25) is 5.91 Å². The molecule has 0 spiro atoms. The Balaban J connectivity index is 1.93. The molecule has 0 aliphatic carbocycles. The molecule has 0 radical (unpaired) electrons. The fourth-order valence-corrected chi connectivity index (χ4v) is 3.50. The molecule has 1 aromatic carbocycles. The maximum Gasteiger partial charge on any atom is 0.233 e. The minimum absolute atomic E-state index is 0.0690. The summed E-state index contributed by atoms with van der Waals surface area (Å²) in [6, 6.07) is 14.0. The van der Waals surface area contributed by atoms with E-state index in [1.807, 2.05) is 36.4 Å². The van der Waals surface area contributed by atoms with E-state index in [4.69, 9.17) is 5.26 Å². The number of benzene rings is 1. The highest BCUT2D eigenvalue weighted by atomic mass is 32.2. The van der Waals surface area contributed by atoms with Crippen LogP contribution >= 0.6 is 11.8 Å². The third kappa shape index (κ3) is 2.35. The number of hydrogen-bond acceptors (Lipinski definition) is 4. The lowest BCUT2D eigenvalue weighted by atomic mass is 10.2. The summed E-state index contributed by atoms with van der Waals surface area (Å²) in [7, 11) is 0. The van der Waals surface area contributed by atoms with Crippen LogP contribution in [0.1, 0.15) is 17.5 Å². The van der Waals surface area contributed by atoms with Gasteiger partial charge in [-0.15, -0.1) is 11.8 Å². The molecule has 1 fully saturated rings. The van der Waals surface area contributed by atoms with E-state index in [-0.39, 0.29) is 11.3 Å². The van der Waals surface area contributed by atoms with E-state index in [1.165, 1.54) is 0 Å². The highest BCUT2D eigenvalue weighted by molar-refractivity contribution is 8.00. The molecule has 1 amide bonds. The number of amides is 1. The largest absolute Gasteiger partial charge is 0.323 e. The second kappa shape index (κ2) is 5.51. The molecule has 5 heteroatoms. The lowest BCUT2D eigenvalue weighted by Gasteiger charge is -2.22. The molecule has 1 aliphatic rings. The second-order valence-electron chi connectivity index (χ2n) is 4.59. The van der Waals surface area contributed by atoms with E-state index in [1.54, 1.807) is 16.7 Å². The van der Waals surface area contributed by atoms with Crippen LogP contribution in [-0.2, 0) is 4.79 Å². The van der Waals surface area contributed by atoms with Crippen molar-refractivity contribution in [3.63, 3.8) is 0 Å². The first-order valence-corrected chi connectivity index (χ1v) is 7.48. The quantitative estimate of drug-likeness (QED) is 0.869. The topological polar surface area (TPSA) is 57.0 Å². The van der Waals surface area contributed by atoms with E-state index in [0.29, 0.717) is 18.7 Å². The van der Waals surface area contributed by atoms with E-state index in [0.717, 1.165) is 16.6 Å². The Kier molecular flexibility index (Phi) is 3.57. The monoisotopic (exact) mass is 283 g/mol. The number of nitriles is 1. The van der Waals surface area contributed by atoms with Crippen LogP contribution in [0.25, 0.3) is 10.9 Å². The Labute approximate surface area is 121 Å². The van der Waals surface area contributed by atoms with Gasteiger partial charge in [-0.3, -0.25) is 4.79 Å². The predicted octanol–water partition coefficient (Wildman–Crippen LogP) is 2.72. The molecule has 3 rings (SSSR count). The molecule has 100 valence electrons. The number of hydrogen-bond donors (Lipinski definition) is 0. The third-order valence-electron chi connectivity index (χ3n) is 3.31. The maximum atomic E-state index is 11.9. The number of carbonyl (C=O) groups excluding carboxylic acids is 1. The van der Waals surface area contributed by atoms with Crippen LogP contribution in [0.4, 0.5) is 0 Å². The zero-order chi connectivity index (χ0) is 13.9. The summed E-state index contributed by atoms with van der Waals surface area (Å²) in [5.41, 5.74) is 1.82. The van der Waals surface area contributed by atoms with E-state index >= 15 is 0 Å². The average Bonchev–Trinajstić information content (AvgIpc) is 2.85. The molecule has 1 aliphatic heterocycles. The van der Waals surface area contributed by atoms with Gasteiger partial charge in [-0.05, 0) is 12.1 Å². The lowest BCUT2D eigenvalue weighted by Crippen LogP contribution is -2.29. The molecule has 1 saturated heterocycles. The molecule has 1 aromatic heterocycles. The predicted molar refractivity (Wildman–Crippen MR) is 78.9 cm³/mol. The zero-order valence-corrected chi connectivity index (χ0v) is 11.6. The number of rotatable bonds is 3. The fraction of sp³-hybridized carbons (Fsp3) is 0.267. The van der Waals surface area contributed by atoms with Crippen LogP contribution in [0.3, 0.4) is 0 Å². The Morgan fingerprint density at radius 1 is 1.35 bits per heavy atom.